The Balaban J connectivity index is 1.65. The summed E-state index contributed by atoms with van der Waals surface area (Å²) >= 11 is 7.12. The van der Waals surface area contributed by atoms with Crippen molar-refractivity contribution in [2.45, 2.75) is 31.2 Å². The zero-order chi connectivity index (χ0) is 25.7. The number of carbonyl (C=O) groups is 3. The topological polar surface area (TPSA) is 117 Å². The Morgan fingerprint density at radius 3 is 2.49 bits per heavy atom. The summed E-state index contributed by atoms with van der Waals surface area (Å²) in [6, 6.07) is 10.00. The van der Waals surface area contributed by atoms with E-state index in [0.717, 1.165) is 22.5 Å². The molecule has 1 N–H and O–H groups in total. The van der Waals surface area contributed by atoms with E-state index >= 15 is 0 Å². The van der Waals surface area contributed by atoms with Crippen LogP contribution in [0.3, 0.4) is 0 Å². The molecule has 35 heavy (non-hydrogen) atoms. The molecule has 4 rings (SSSR count). The summed E-state index contributed by atoms with van der Waals surface area (Å²) in [5, 5.41) is 2.78. The highest BCUT2D eigenvalue weighted by Gasteiger charge is 2.53. The highest BCUT2D eigenvalue weighted by molar-refractivity contribution is 7.90. The molecule has 1 aliphatic rings. The van der Waals surface area contributed by atoms with Crippen LogP contribution in [-0.4, -0.2) is 43.0 Å². The molecule has 0 bridgehead atoms. The Kier molecular flexibility index (Phi) is 6.20. The number of pyridine rings is 1. The molecule has 1 fully saturated rings. The highest BCUT2D eigenvalue weighted by Crippen LogP contribution is 2.39. The number of urea groups is 1. The number of halogens is 1. The number of rotatable bonds is 5. The van der Waals surface area contributed by atoms with Gasteiger partial charge in [0.2, 0.25) is 0 Å². The van der Waals surface area contributed by atoms with Gasteiger partial charge in [-0.3, -0.25) is 14.5 Å². The van der Waals surface area contributed by atoms with Gasteiger partial charge in [0.15, 0.2) is 9.84 Å². The van der Waals surface area contributed by atoms with Crippen molar-refractivity contribution in [2.75, 3.05) is 21.4 Å². The second-order valence-electron chi connectivity index (χ2n) is 8.46. The molecule has 3 heterocycles. The molecule has 0 unspecified atom stereocenters. The van der Waals surface area contributed by atoms with Crippen LogP contribution in [0.2, 0.25) is 5.02 Å². The van der Waals surface area contributed by atoms with Gasteiger partial charge >= 0.3 is 6.03 Å². The van der Waals surface area contributed by atoms with Crippen LogP contribution >= 0.6 is 22.9 Å². The summed E-state index contributed by atoms with van der Waals surface area (Å²) in [5.41, 5.74) is -0.693. The normalized spacial score (nSPS) is 15.6. The van der Waals surface area contributed by atoms with Gasteiger partial charge < -0.3 is 5.32 Å². The van der Waals surface area contributed by atoms with E-state index in [1.54, 1.807) is 39.0 Å². The summed E-state index contributed by atoms with van der Waals surface area (Å²) in [7, 11) is -3.54. The second-order valence-corrected chi connectivity index (χ2v) is 12.2. The molecule has 0 aliphatic carbocycles. The first kappa shape index (κ1) is 24.8. The van der Waals surface area contributed by atoms with Crippen molar-refractivity contribution in [2.24, 2.45) is 0 Å². The Labute approximate surface area is 211 Å². The van der Waals surface area contributed by atoms with Crippen molar-refractivity contribution < 1.29 is 22.8 Å². The van der Waals surface area contributed by atoms with Crippen molar-refractivity contribution in [3.63, 3.8) is 0 Å². The number of hydrogen-bond donors (Lipinski definition) is 1. The number of aromatic nitrogens is 1. The van der Waals surface area contributed by atoms with Crippen LogP contribution in [0.25, 0.3) is 0 Å². The molecule has 0 spiro atoms. The molecule has 182 valence electrons. The van der Waals surface area contributed by atoms with Crippen LogP contribution in [0.5, 0.6) is 0 Å². The third-order valence-electron chi connectivity index (χ3n) is 5.46. The van der Waals surface area contributed by atoms with Crippen LogP contribution in [0.4, 0.5) is 22.0 Å². The number of sulfone groups is 1. The van der Waals surface area contributed by atoms with Crippen LogP contribution in [0, 0.1) is 6.92 Å². The summed E-state index contributed by atoms with van der Waals surface area (Å²) in [5.74, 6) is -0.647. The van der Waals surface area contributed by atoms with Gasteiger partial charge in [-0.2, -0.15) is 0 Å². The molecule has 3 aromatic rings. The Morgan fingerprint density at radius 1 is 1.14 bits per heavy atom. The number of benzene rings is 1. The van der Waals surface area contributed by atoms with Crippen molar-refractivity contribution in [1.82, 2.24) is 4.98 Å². The molecule has 0 saturated carbocycles. The molecule has 1 aliphatic heterocycles. The van der Waals surface area contributed by atoms with Gasteiger partial charge in [-0.05, 0) is 57.2 Å². The summed E-state index contributed by atoms with van der Waals surface area (Å²) in [6.45, 7) is 4.97. The Bertz CT molecular complexity index is 1470. The lowest BCUT2D eigenvalue weighted by Crippen LogP contribution is -2.44. The van der Waals surface area contributed by atoms with E-state index in [-0.39, 0.29) is 20.5 Å². The smallest absolute Gasteiger partial charge is 0.321 e. The zero-order valence-electron chi connectivity index (χ0n) is 19.2. The van der Waals surface area contributed by atoms with Crippen molar-refractivity contribution >= 4 is 67.8 Å². The third kappa shape index (κ3) is 4.54. The first-order chi connectivity index (χ1) is 16.3. The lowest BCUT2D eigenvalue weighted by Gasteiger charge is -2.26. The number of amides is 4. The lowest BCUT2D eigenvalue weighted by atomic mass is 10.0. The van der Waals surface area contributed by atoms with Gasteiger partial charge in [0, 0.05) is 28.0 Å². The van der Waals surface area contributed by atoms with E-state index in [1.165, 1.54) is 35.4 Å². The fraction of sp³-hybridized carbons (Fsp3) is 0.217. The first-order valence-electron chi connectivity index (χ1n) is 10.3. The van der Waals surface area contributed by atoms with E-state index in [9.17, 15) is 22.8 Å². The first-order valence-corrected chi connectivity index (χ1v) is 13.4. The fourth-order valence-electron chi connectivity index (χ4n) is 3.73. The number of imide groups is 1. The molecule has 12 heteroatoms. The minimum Gasteiger partial charge on any atom is -0.321 e. The SMILES string of the molecule is Cc1sc(C(=O)Nc2cc(Cl)cc(S(C)(=O)=O)c2)cc1N1C(=O)N(c2ccccn2)C(C)(C)C1=O. The van der Waals surface area contributed by atoms with Gasteiger partial charge in [0.05, 0.1) is 15.5 Å². The fourth-order valence-corrected chi connectivity index (χ4v) is 5.61. The summed E-state index contributed by atoms with van der Waals surface area (Å²) in [6.07, 6.45) is 2.58. The Hall–Kier alpha value is -3.28. The molecule has 0 atom stereocenters. The van der Waals surface area contributed by atoms with E-state index in [1.807, 2.05) is 0 Å². The standard InChI is InChI=1S/C23H21ClN4O5S2/c1-13-17(27-21(30)23(2,3)28(22(27)31)19-7-5-6-8-25-19)12-18(34-13)20(29)26-15-9-14(24)10-16(11-15)35(4,32)33/h5-12H,1-4H3,(H,26,29). The van der Waals surface area contributed by atoms with Gasteiger partial charge in [-0.15, -0.1) is 11.3 Å². The van der Waals surface area contributed by atoms with E-state index in [2.05, 4.69) is 10.3 Å². The molecule has 1 saturated heterocycles. The maximum atomic E-state index is 13.3. The molecule has 4 amide bonds. The quantitative estimate of drug-likeness (QED) is 0.483. The molecule has 1 aromatic carbocycles. The maximum Gasteiger partial charge on any atom is 0.338 e. The number of nitrogens with one attached hydrogen (secondary N) is 1. The van der Waals surface area contributed by atoms with Crippen LogP contribution in [0.15, 0.2) is 53.6 Å². The van der Waals surface area contributed by atoms with Crippen LogP contribution in [-0.2, 0) is 14.6 Å². The molecule has 0 radical (unpaired) electrons. The van der Waals surface area contributed by atoms with Crippen LogP contribution < -0.4 is 15.1 Å². The van der Waals surface area contributed by atoms with Crippen molar-refractivity contribution in [3.05, 3.63) is 63.4 Å². The van der Waals surface area contributed by atoms with Gasteiger partial charge in [-0.1, -0.05) is 17.7 Å². The van der Waals surface area contributed by atoms with E-state index < -0.39 is 33.2 Å². The lowest BCUT2D eigenvalue weighted by molar-refractivity contribution is -0.120. The van der Waals surface area contributed by atoms with Gasteiger partial charge in [0.1, 0.15) is 11.4 Å². The predicted molar refractivity (Wildman–Crippen MR) is 135 cm³/mol. The van der Waals surface area contributed by atoms with Crippen LogP contribution in [0.1, 0.15) is 28.4 Å². The molecule has 9 nitrogen and oxygen atoms in total. The van der Waals surface area contributed by atoms with Crippen molar-refractivity contribution in [1.29, 1.82) is 0 Å². The highest BCUT2D eigenvalue weighted by atomic mass is 35.5. The minimum atomic E-state index is -3.54. The van der Waals surface area contributed by atoms with E-state index in [0.29, 0.717) is 16.4 Å². The number of carbonyl (C=O) groups excluding carboxylic acids is 3. The number of aryl methyl sites for hydroxylation is 1. The average Bonchev–Trinajstić information content (AvgIpc) is 3.22. The zero-order valence-corrected chi connectivity index (χ0v) is 21.6. The maximum absolute atomic E-state index is 13.3. The summed E-state index contributed by atoms with van der Waals surface area (Å²) < 4.78 is 23.8. The number of hydrogen-bond acceptors (Lipinski definition) is 7. The number of thiophene rings is 1. The summed E-state index contributed by atoms with van der Waals surface area (Å²) in [4.78, 5) is 46.9. The second kappa shape index (κ2) is 8.74. The third-order valence-corrected chi connectivity index (χ3v) is 7.81. The predicted octanol–water partition coefficient (Wildman–Crippen LogP) is 4.51. The van der Waals surface area contributed by atoms with Crippen molar-refractivity contribution in [3.8, 4) is 0 Å². The molecular formula is C23H21ClN4O5S2. The monoisotopic (exact) mass is 532 g/mol. The minimum absolute atomic E-state index is 0.0338. The number of nitrogens with zero attached hydrogens (tertiary/aromatic N) is 3. The largest absolute Gasteiger partial charge is 0.338 e. The van der Waals surface area contributed by atoms with Gasteiger partial charge in [0.25, 0.3) is 11.8 Å². The molecule has 2 aromatic heterocycles. The number of anilines is 3. The molecular weight excluding hydrogens is 512 g/mol. The average molecular weight is 533 g/mol. The van der Waals surface area contributed by atoms with Gasteiger partial charge in [-0.25, -0.2) is 23.1 Å². The Morgan fingerprint density at radius 2 is 1.86 bits per heavy atom. The van der Waals surface area contributed by atoms with E-state index in [4.69, 9.17) is 11.6 Å².